The van der Waals surface area contributed by atoms with Crippen LogP contribution in [0.1, 0.15) is 24.4 Å². The van der Waals surface area contributed by atoms with Crippen molar-refractivity contribution >= 4 is 0 Å². The van der Waals surface area contributed by atoms with Crippen molar-refractivity contribution in [2.75, 3.05) is 0 Å². The van der Waals surface area contributed by atoms with Crippen molar-refractivity contribution in [3.63, 3.8) is 0 Å². The fourth-order valence-electron chi connectivity index (χ4n) is 1.89. The molecule has 1 unspecified atom stereocenters. The van der Waals surface area contributed by atoms with E-state index in [0.717, 1.165) is 22.7 Å². The average Bonchev–Trinajstić information content (AvgIpc) is 3.10. The molecule has 2 aromatic heterocycles. The van der Waals surface area contributed by atoms with Crippen LogP contribution in [0.4, 0.5) is 0 Å². The van der Waals surface area contributed by atoms with Crippen LogP contribution >= 0.6 is 0 Å². The Bertz CT molecular complexity index is 686. The molecular formula is C14H15N5O. The Balaban J connectivity index is 1.77. The van der Waals surface area contributed by atoms with Crippen molar-refractivity contribution in [3.05, 3.63) is 54.0 Å². The molecule has 1 atom stereocenters. The van der Waals surface area contributed by atoms with E-state index in [1.54, 1.807) is 4.68 Å². The summed E-state index contributed by atoms with van der Waals surface area (Å²) in [5.74, 6) is 0.744. The van der Waals surface area contributed by atoms with Gasteiger partial charge in [-0.05, 0) is 6.92 Å². The van der Waals surface area contributed by atoms with E-state index in [0.29, 0.717) is 6.54 Å². The van der Waals surface area contributed by atoms with Crippen molar-refractivity contribution < 1.29 is 4.52 Å². The third-order valence-electron chi connectivity index (χ3n) is 2.96. The van der Waals surface area contributed by atoms with Gasteiger partial charge >= 0.3 is 0 Å². The van der Waals surface area contributed by atoms with E-state index in [2.05, 4.69) is 15.5 Å². The van der Waals surface area contributed by atoms with Crippen LogP contribution in [-0.4, -0.2) is 20.2 Å². The van der Waals surface area contributed by atoms with Crippen LogP contribution in [-0.2, 0) is 6.54 Å². The molecular weight excluding hydrogens is 254 g/mol. The average molecular weight is 269 g/mol. The Morgan fingerprint density at radius 2 is 2.10 bits per heavy atom. The van der Waals surface area contributed by atoms with Crippen molar-refractivity contribution in [3.8, 4) is 11.3 Å². The number of benzene rings is 1. The van der Waals surface area contributed by atoms with Gasteiger partial charge in [0.25, 0.3) is 0 Å². The summed E-state index contributed by atoms with van der Waals surface area (Å²) < 4.78 is 7.04. The predicted molar refractivity (Wildman–Crippen MR) is 73.7 cm³/mol. The Kier molecular flexibility index (Phi) is 3.30. The highest BCUT2D eigenvalue weighted by atomic mass is 16.5. The molecule has 0 aliphatic carbocycles. The highest BCUT2D eigenvalue weighted by molar-refractivity contribution is 5.56. The van der Waals surface area contributed by atoms with E-state index >= 15 is 0 Å². The molecule has 0 spiro atoms. The zero-order valence-corrected chi connectivity index (χ0v) is 11.1. The first-order valence-electron chi connectivity index (χ1n) is 6.39. The molecule has 0 aliphatic heterocycles. The summed E-state index contributed by atoms with van der Waals surface area (Å²) in [6, 6.07) is 11.6. The minimum atomic E-state index is -0.124. The summed E-state index contributed by atoms with van der Waals surface area (Å²) in [5, 5.41) is 12.1. The monoisotopic (exact) mass is 269 g/mol. The first-order chi connectivity index (χ1) is 9.72. The summed E-state index contributed by atoms with van der Waals surface area (Å²) in [4.78, 5) is 0. The number of hydrogen-bond acceptors (Lipinski definition) is 5. The molecule has 0 saturated heterocycles. The van der Waals surface area contributed by atoms with Crippen LogP contribution < -0.4 is 5.73 Å². The summed E-state index contributed by atoms with van der Waals surface area (Å²) >= 11 is 0. The summed E-state index contributed by atoms with van der Waals surface area (Å²) in [6.07, 6.45) is 1.82. The summed E-state index contributed by atoms with van der Waals surface area (Å²) in [7, 11) is 0. The molecule has 1 aromatic carbocycles. The molecule has 0 amide bonds. The van der Waals surface area contributed by atoms with Gasteiger partial charge in [-0.2, -0.15) is 0 Å². The maximum Gasteiger partial charge on any atom is 0.167 e. The number of nitrogens with zero attached hydrogens (tertiary/aromatic N) is 4. The molecule has 0 bridgehead atoms. The first-order valence-corrected chi connectivity index (χ1v) is 6.39. The van der Waals surface area contributed by atoms with Gasteiger partial charge in [0, 0.05) is 17.7 Å². The van der Waals surface area contributed by atoms with Gasteiger partial charge in [-0.25, -0.2) is 4.68 Å². The van der Waals surface area contributed by atoms with Gasteiger partial charge in [-0.15, -0.1) is 5.10 Å². The molecule has 102 valence electrons. The zero-order chi connectivity index (χ0) is 13.9. The van der Waals surface area contributed by atoms with E-state index in [1.807, 2.05) is 49.5 Å². The Hall–Kier alpha value is -2.47. The highest BCUT2D eigenvalue weighted by Crippen LogP contribution is 2.20. The second-order valence-electron chi connectivity index (χ2n) is 4.68. The van der Waals surface area contributed by atoms with Crippen molar-refractivity contribution in [2.45, 2.75) is 19.5 Å². The lowest BCUT2D eigenvalue weighted by atomic mass is 10.2. The SMILES string of the molecule is CC(N)c1cn(Cc2cc(-c3ccccc3)on2)nn1. The smallest absolute Gasteiger partial charge is 0.167 e. The largest absolute Gasteiger partial charge is 0.356 e. The highest BCUT2D eigenvalue weighted by Gasteiger charge is 2.09. The lowest BCUT2D eigenvalue weighted by Crippen LogP contribution is -2.05. The lowest BCUT2D eigenvalue weighted by Gasteiger charge is -1.96. The topological polar surface area (TPSA) is 82.8 Å². The maximum absolute atomic E-state index is 5.75. The standard InChI is InChI=1S/C14H15N5O/c1-10(15)13-9-19(18-16-13)8-12-7-14(20-17-12)11-5-3-2-4-6-11/h2-7,9-10H,8,15H2,1H3. The van der Waals surface area contributed by atoms with Crippen LogP contribution in [0.25, 0.3) is 11.3 Å². The van der Waals surface area contributed by atoms with Crippen LogP contribution in [0.15, 0.2) is 47.1 Å². The number of hydrogen-bond donors (Lipinski definition) is 1. The molecule has 0 radical (unpaired) electrons. The van der Waals surface area contributed by atoms with E-state index < -0.39 is 0 Å². The minimum Gasteiger partial charge on any atom is -0.356 e. The van der Waals surface area contributed by atoms with Gasteiger partial charge in [0.15, 0.2) is 5.76 Å². The maximum atomic E-state index is 5.75. The quantitative estimate of drug-likeness (QED) is 0.783. The third kappa shape index (κ3) is 2.60. The van der Waals surface area contributed by atoms with E-state index in [1.165, 1.54) is 0 Å². The van der Waals surface area contributed by atoms with Crippen molar-refractivity contribution in [1.29, 1.82) is 0 Å². The lowest BCUT2D eigenvalue weighted by molar-refractivity contribution is 0.419. The fourth-order valence-corrected chi connectivity index (χ4v) is 1.89. The van der Waals surface area contributed by atoms with Gasteiger partial charge in [0.1, 0.15) is 5.69 Å². The Labute approximate surface area is 116 Å². The molecule has 3 rings (SSSR count). The van der Waals surface area contributed by atoms with Gasteiger partial charge in [0.2, 0.25) is 0 Å². The van der Waals surface area contributed by atoms with Crippen LogP contribution in [0.3, 0.4) is 0 Å². The van der Waals surface area contributed by atoms with E-state index in [9.17, 15) is 0 Å². The fraction of sp³-hybridized carbons (Fsp3) is 0.214. The predicted octanol–water partition coefficient (Wildman–Crippen LogP) is 2.00. The number of rotatable bonds is 4. The molecule has 3 aromatic rings. The molecule has 6 heteroatoms. The van der Waals surface area contributed by atoms with Gasteiger partial charge in [-0.3, -0.25) is 0 Å². The minimum absolute atomic E-state index is 0.124. The van der Waals surface area contributed by atoms with Gasteiger partial charge in [0.05, 0.1) is 18.4 Å². The number of nitrogens with two attached hydrogens (primary N) is 1. The molecule has 0 aliphatic rings. The Morgan fingerprint density at radius 3 is 2.80 bits per heavy atom. The second kappa shape index (κ2) is 5.26. The van der Waals surface area contributed by atoms with Crippen LogP contribution in [0.5, 0.6) is 0 Å². The van der Waals surface area contributed by atoms with Gasteiger partial charge < -0.3 is 10.3 Å². The first kappa shape index (κ1) is 12.6. The normalized spacial score (nSPS) is 12.5. The van der Waals surface area contributed by atoms with Gasteiger partial charge in [-0.1, -0.05) is 40.7 Å². The van der Waals surface area contributed by atoms with Crippen LogP contribution in [0, 0.1) is 0 Å². The Morgan fingerprint density at radius 1 is 1.30 bits per heavy atom. The molecule has 2 heterocycles. The molecule has 0 fully saturated rings. The number of aromatic nitrogens is 4. The summed E-state index contributed by atoms with van der Waals surface area (Å²) in [5.41, 5.74) is 8.31. The molecule has 20 heavy (non-hydrogen) atoms. The van der Waals surface area contributed by atoms with Crippen molar-refractivity contribution in [2.24, 2.45) is 5.73 Å². The van der Waals surface area contributed by atoms with E-state index in [4.69, 9.17) is 10.3 Å². The zero-order valence-electron chi connectivity index (χ0n) is 11.1. The summed E-state index contributed by atoms with van der Waals surface area (Å²) in [6.45, 7) is 2.38. The second-order valence-corrected chi connectivity index (χ2v) is 4.68. The van der Waals surface area contributed by atoms with Crippen LogP contribution in [0.2, 0.25) is 0 Å². The molecule has 2 N–H and O–H groups in total. The van der Waals surface area contributed by atoms with Crippen molar-refractivity contribution in [1.82, 2.24) is 20.2 Å². The molecule has 0 saturated carbocycles. The third-order valence-corrected chi connectivity index (χ3v) is 2.96. The van der Waals surface area contributed by atoms with E-state index in [-0.39, 0.29) is 6.04 Å². The molecule has 6 nitrogen and oxygen atoms in total.